The molecule has 0 aromatic heterocycles. The van der Waals surface area contributed by atoms with Crippen LogP contribution in [0.1, 0.15) is 12.8 Å². The number of carbonyl (C=O) groups excluding carboxylic acids is 1. The summed E-state index contributed by atoms with van der Waals surface area (Å²) in [4.78, 5) is 10.9. The van der Waals surface area contributed by atoms with E-state index in [0.717, 1.165) is 0 Å². The molecule has 0 saturated heterocycles. The molecule has 1 saturated carbocycles. The molecule has 15 heavy (non-hydrogen) atoms. The van der Waals surface area contributed by atoms with E-state index in [1.54, 1.807) is 18.2 Å². The number of carboxylic acid groups (broad SMARTS) is 1. The molecule has 1 aliphatic carbocycles. The van der Waals surface area contributed by atoms with Gasteiger partial charge in [-0.2, -0.15) is 0 Å². The Bertz CT molecular complexity index is 485. The van der Waals surface area contributed by atoms with E-state index in [0.29, 0.717) is 0 Å². The lowest BCUT2D eigenvalue weighted by Crippen LogP contribution is -2.43. The molecule has 0 bridgehead atoms. The second-order valence-corrected chi connectivity index (χ2v) is 5.86. The lowest BCUT2D eigenvalue weighted by molar-refractivity contribution is -0.306. The van der Waals surface area contributed by atoms with Crippen LogP contribution >= 0.6 is 0 Å². The number of hydrogen-bond acceptors (Lipinski definition) is 4. The molecular weight excluding hydrogens is 216 g/mol. The van der Waals surface area contributed by atoms with Crippen molar-refractivity contribution in [3.05, 3.63) is 30.3 Å². The Hall–Kier alpha value is -1.36. The number of aliphatic carboxylic acids is 1. The predicted octanol–water partition coefficient (Wildman–Crippen LogP) is -0.257. The molecule has 1 fully saturated rings. The van der Waals surface area contributed by atoms with Crippen LogP contribution in [0.2, 0.25) is 0 Å². The number of rotatable bonds is 3. The second kappa shape index (κ2) is 3.06. The molecule has 0 unspecified atom stereocenters. The minimum absolute atomic E-state index is 0.0479. The van der Waals surface area contributed by atoms with Crippen molar-refractivity contribution in [2.24, 2.45) is 0 Å². The van der Waals surface area contributed by atoms with Crippen molar-refractivity contribution in [1.29, 1.82) is 0 Å². The average Bonchev–Trinajstić information content (AvgIpc) is 3.00. The van der Waals surface area contributed by atoms with Crippen molar-refractivity contribution in [3.8, 4) is 0 Å². The molecule has 0 amide bonds. The van der Waals surface area contributed by atoms with Gasteiger partial charge in [0.25, 0.3) is 0 Å². The number of carbonyl (C=O) groups is 1. The van der Waals surface area contributed by atoms with Crippen LogP contribution < -0.4 is 5.11 Å². The Balaban J connectivity index is 2.50. The van der Waals surface area contributed by atoms with Gasteiger partial charge in [-0.05, 0) is 25.0 Å². The van der Waals surface area contributed by atoms with E-state index in [9.17, 15) is 18.3 Å². The Morgan fingerprint density at radius 1 is 1.20 bits per heavy atom. The van der Waals surface area contributed by atoms with E-state index in [1.807, 2.05) is 0 Å². The van der Waals surface area contributed by atoms with E-state index in [1.165, 1.54) is 12.1 Å². The molecule has 1 aromatic rings. The van der Waals surface area contributed by atoms with E-state index in [2.05, 4.69) is 0 Å². The van der Waals surface area contributed by atoms with Crippen molar-refractivity contribution in [1.82, 2.24) is 0 Å². The molecule has 0 radical (unpaired) electrons. The van der Waals surface area contributed by atoms with E-state index < -0.39 is 20.6 Å². The minimum atomic E-state index is -3.79. The van der Waals surface area contributed by atoms with Gasteiger partial charge >= 0.3 is 0 Å². The SMILES string of the molecule is O=C([O-])C1(S(=O)(=O)c2ccccc2)CC1. The lowest BCUT2D eigenvalue weighted by Gasteiger charge is -2.16. The first kappa shape index (κ1) is 10.2. The number of benzene rings is 1. The van der Waals surface area contributed by atoms with Gasteiger partial charge in [-0.25, -0.2) is 8.42 Å². The highest BCUT2D eigenvalue weighted by Gasteiger charge is 2.56. The zero-order chi connectivity index (χ0) is 11.1. The van der Waals surface area contributed by atoms with Gasteiger partial charge in [-0.1, -0.05) is 18.2 Å². The number of carboxylic acids is 1. The quantitative estimate of drug-likeness (QED) is 0.710. The lowest BCUT2D eigenvalue weighted by atomic mass is 10.4. The summed E-state index contributed by atoms with van der Waals surface area (Å²) in [5.74, 6) is -1.49. The largest absolute Gasteiger partial charge is 0.548 e. The molecule has 0 spiro atoms. The van der Waals surface area contributed by atoms with Crippen molar-refractivity contribution >= 4 is 15.8 Å². The van der Waals surface area contributed by atoms with Crippen molar-refractivity contribution < 1.29 is 18.3 Å². The highest BCUT2D eigenvalue weighted by Crippen LogP contribution is 2.46. The van der Waals surface area contributed by atoms with Crippen LogP contribution in [0.5, 0.6) is 0 Å². The molecule has 0 atom stereocenters. The van der Waals surface area contributed by atoms with Gasteiger partial charge in [0.1, 0.15) is 4.75 Å². The fourth-order valence-electron chi connectivity index (χ4n) is 1.52. The molecule has 5 heteroatoms. The Labute approximate surface area is 87.5 Å². The molecular formula is C10H9O4S-. The third kappa shape index (κ3) is 1.34. The normalized spacial score (nSPS) is 18.4. The van der Waals surface area contributed by atoms with Gasteiger partial charge in [-0.15, -0.1) is 0 Å². The summed E-state index contributed by atoms with van der Waals surface area (Å²) >= 11 is 0. The fourth-order valence-corrected chi connectivity index (χ4v) is 3.35. The van der Waals surface area contributed by atoms with Gasteiger partial charge in [-0.3, -0.25) is 0 Å². The topological polar surface area (TPSA) is 74.3 Å². The highest BCUT2D eigenvalue weighted by molar-refractivity contribution is 7.94. The fraction of sp³-hybridized carbons (Fsp3) is 0.300. The highest BCUT2D eigenvalue weighted by atomic mass is 32.2. The van der Waals surface area contributed by atoms with Crippen LogP contribution in [0, 0.1) is 0 Å². The van der Waals surface area contributed by atoms with Crippen LogP contribution in [-0.2, 0) is 14.6 Å². The monoisotopic (exact) mass is 225 g/mol. The van der Waals surface area contributed by atoms with Crippen molar-refractivity contribution in [2.45, 2.75) is 22.5 Å². The van der Waals surface area contributed by atoms with Gasteiger partial charge < -0.3 is 9.90 Å². The Kier molecular flexibility index (Phi) is 2.08. The third-order valence-electron chi connectivity index (χ3n) is 2.64. The summed E-state index contributed by atoms with van der Waals surface area (Å²) in [6.07, 6.45) is 0.291. The van der Waals surface area contributed by atoms with Crippen molar-refractivity contribution in [2.75, 3.05) is 0 Å². The van der Waals surface area contributed by atoms with Crippen LogP contribution in [0.3, 0.4) is 0 Å². The first-order valence-electron chi connectivity index (χ1n) is 4.52. The predicted molar refractivity (Wildman–Crippen MR) is 50.6 cm³/mol. The van der Waals surface area contributed by atoms with Gasteiger partial charge in [0, 0.05) is 0 Å². The molecule has 4 nitrogen and oxygen atoms in total. The maximum atomic E-state index is 11.9. The van der Waals surface area contributed by atoms with Crippen molar-refractivity contribution in [3.63, 3.8) is 0 Å². The average molecular weight is 225 g/mol. The molecule has 1 aromatic carbocycles. The molecule has 1 aliphatic rings. The number of sulfone groups is 1. The van der Waals surface area contributed by atoms with Crippen LogP contribution in [0.25, 0.3) is 0 Å². The second-order valence-electron chi connectivity index (χ2n) is 3.60. The molecule has 0 aliphatic heterocycles. The minimum Gasteiger partial charge on any atom is -0.548 e. The molecule has 0 N–H and O–H groups in total. The van der Waals surface area contributed by atoms with Crippen LogP contribution in [0.15, 0.2) is 35.2 Å². The first-order chi connectivity index (χ1) is 7.01. The summed E-state index contributed by atoms with van der Waals surface area (Å²) in [5, 5.41) is 10.8. The van der Waals surface area contributed by atoms with Gasteiger partial charge in [0.05, 0.1) is 10.9 Å². The third-order valence-corrected chi connectivity index (χ3v) is 5.14. The Morgan fingerprint density at radius 2 is 1.73 bits per heavy atom. The van der Waals surface area contributed by atoms with Crippen LogP contribution in [-0.4, -0.2) is 19.1 Å². The maximum Gasteiger partial charge on any atom is 0.189 e. The molecule has 0 heterocycles. The summed E-state index contributed by atoms with van der Waals surface area (Å²) < 4.78 is 22.2. The van der Waals surface area contributed by atoms with E-state index >= 15 is 0 Å². The van der Waals surface area contributed by atoms with Gasteiger partial charge in [0.2, 0.25) is 0 Å². The summed E-state index contributed by atoms with van der Waals surface area (Å²) in [6, 6.07) is 7.62. The van der Waals surface area contributed by atoms with Crippen LogP contribution in [0.4, 0.5) is 0 Å². The first-order valence-corrected chi connectivity index (χ1v) is 6.00. The smallest absolute Gasteiger partial charge is 0.189 e. The van der Waals surface area contributed by atoms with Gasteiger partial charge in [0.15, 0.2) is 9.84 Å². The zero-order valence-corrected chi connectivity index (χ0v) is 8.66. The van der Waals surface area contributed by atoms with E-state index in [-0.39, 0.29) is 17.7 Å². The summed E-state index contributed by atoms with van der Waals surface area (Å²) in [7, 11) is -3.79. The zero-order valence-electron chi connectivity index (χ0n) is 7.84. The standard InChI is InChI=1S/C10H10O4S/c11-9(12)10(6-7-10)15(13,14)8-4-2-1-3-5-8/h1-5H,6-7H2,(H,11,12)/p-1. The summed E-state index contributed by atoms with van der Waals surface area (Å²) in [5.41, 5.74) is 0. The summed E-state index contributed by atoms with van der Waals surface area (Å²) in [6.45, 7) is 0. The molecule has 80 valence electrons. The Morgan fingerprint density at radius 3 is 2.13 bits per heavy atom. The van der Waals surface area contributed by atoms with E-state index in [4.69, 9.17) is 0 Å². The number of hydrogen-bond donors (Lipinski definition) is 0. The maximum absolute atomic E-state index is 11.9. The molecule has 2 rings (SSSR count).